The van der Waals surface area contributed by atoms with Crippen LogP contribution in [0.5, 0.6) is 5.75 Å². The molecule has 1 aliphatic rings. The van der Waals surface area contributed by atoms with Crippen LogP contribution in [-0.4, -0.2) is 49.3 Å². The predicted octanol–water partition coefficient (Wildman–Crippen LogP) is 1.47. The van der Waals surface area contributed by atoms with Crippen LogP contribution in [-0.2, 0) is 4.74 Å². The number of nitrogen functional groups attached to an aromatic ring is 1. The number of ether oxygens (including phenoxy) is 2. The molecule has 8 nitrogen and oxygen atoms in total. The Labute approximate surface area is 162 Å². The van der Waals surface area contributed by atoms with Crippen molar-refractivity contribution in [1.29, 1.82) is 10.5 Å². The number of nitrogens with zero attached hydrogens (tertiary/aromatic N) is 3. The van der Waals surface area contributed by atoms with Gasteiger partial charge in [-0.3, -0.25) is 9.69 Å². The first kappa shape index (κ1) is 19.4. The number of rotatable bonds is 6. The van der Waals surface area contributed by atoms with Gasteiger partial charge < -0.3 is 20.2 Å². The summed E-state index contributed by atoms with van der Waals surface area (Å²) in [6.45, 7) is 5.02. The fourth-order valence-electron chi connectivity index (χ4n) is 3.15. The second kappa shape index (κ2) is 9.05. The molecule has 2 heterocycles. The number of pyridine rings is 1. The highest BCUT2D eigenvalue weighted by Gasteiger charge is 2.18. The Hall–Kier alpha value is -3.33. The molecule has 1 saturated heterocycles. The minimum atomic E-state index is -0.613. The van der Waals surface area contributed by atoms with Crippen LogP contribution < -0.4 is 16.0 Å². The lowest BCUT2D eigenvalue weighted by atomic mass is 9.97. The van der Waals surface area contributed by atoms with E-state index in [2.05, 4.69) is 9.88 Å². The molecule has 28 heavy (non-hydrogen) atoms. The van der Waals surface area contributed by atoms with Crippen molar-refractivity contribution in [3.05, 3.63) is 45.7 Å². The summed E-state index contributed by atoms with van der Waals surface area (Å²) < 4.78 is 11.1. The Morgan fingerprint density at radius 1 is 1.14 bits per heavy atom. The fourth-order valence-corrected chi connectivity index (χ4v) is 3.15. The molecule has 0 saturated carbocycles. The zero-order chi connectivity index (χ0) is 19.9. The molecule has 0 atom stereocenters. The van der Waals surface area contributed by atoms with Crippen molar-refractivity contribution in [2.24, 2.45) is 0 Å². The third-order valence-corrected chi connectivity index (χ3v) is 4.60. The van der Waals surface area contributed by atoms with Gasteiger partial charge in [0.1, 0.15) is 34.8 Å². The van der Waals surface area contributed by atoms with Crippen LogP contribution in [0.3, 0.4) is 0 Å². The van der Waals surface area contributed by atoms with Crippen molar-refractivity contribution in [2.45, 2.75) is 6.42 Å². The first-order valence-electron chi connectivity index (χ1n) is 9.03. The van der Waals surface area contributed by atoms with Gasteiger partial charge in [0.2, 0.25) is 0 Å². The molecule has 1 fully saturated rings. The first-order valence-corrected chi connectivity index (χ1v) is 9.03. The van der Waals surface area contributed by atoms with E-state index in [0.29, 0.717) is 17.9 Å². The lowest BCUT2D eigenvalue weighted by molar-refractivity contribution is 0.0358. The Morgan fingerprint density at radius 2 is 1.82 bits per heavy atom. The number of nitrogens with two attached hydrogens (primary N) is 1. The SMILES string of the molecule is N#Cc1c(N)[nH]c(=O)c(C#N)c1-c1ccc(OCCCN2CCOCC2)cc1. The van der Waals surface area contributed by atoms with Crippen molar-refractivity contribution in [3.63, 3.8) is 0 Å². The van der Waals surface area contributed by atoms with Gasteiger partial charge in [-0.1, -0.05) is 12.1 Å². The van der Waals surface area contributed by atoms with Gasteiger partial charge in [0.25, 0.3) is 5.56 Å². The van der Waals surface area contributed by atoms with Gasteiger partial charge in [0.15, 0.2) is 0 Å². The molecule has 1 aromatic carbocycles. The molecular weight excluding hydrogens is 358 g/mol. The molecular formula is C20H21N5O3. The molecule has 3 N–H and O–H groups in total. The maximum absolute atomic E-state index is 12.0. The van der Waals surface area contributed by atoms with Crippen LogP contribution in [0.15, 0.2) is 29.1 Å². The number of hydrogen-bond donors (Lipinski definition) is 2. The molecule has 0 unspecified atom stereocenters. The molecule has 0 bridgehead atoms. The number of aromatic nitrogens is 1. The van der Waals surface area contributed by atoms with Crippen molar-refractivity contribution in [3.8, 4) is 29.0 Å². The predicted molar refractivity (Wildman–Crippen MR) is 104 cm³/mol. The summed E-state index contributed by atoms with van der Waals surface area (Å²) in [5.41, 5.74) is 5.88. The second-order valence-electron chi connectivity index (χ2n) is 6.40. The van der Waals surface area contributed by atoms with Gasteiger partial charge in [-0.2, -0.15) is 10.5 Å². The summed E-state index contributed by atoms with van der Waals surface area (Å²) in [6.07, 6.45) is 0.906. The molecule has 0 radical (unpaired) electrons. The molecule has 144 valence electrons. The largest absolute Gasteiger partial charge is 0.494 e. The van der Waals surface area contributed by atoms with Crippen LogP contribution in [0, 0.1) is 22.7 Å². The van der Waals surface area contributed by atoms with Crippen molar-refractivity contribution < 1.29 is 9.47 Å². The molecule has 2 aromatic rings. The lowest BCUT2D eigenvalue weighted by Crippen LogP contribution is -2.37. The van der Waals surface area contributed by atoms with E-state index in [1.165, 1.54) is 0 Å². The van der Waals surface area contributed by atoms with E-state index in [9.17, 15) is 15.3 Å². The molecule has 1 aromatic heterocycles. The molecule has 1 aliphatic heterocycles. The normalized spacial score (nSPS) is 14.2. The number of nitriles is 2. The number of hydrogen-bond acceptors (Lipinski definition) is 7. The Kier molecular flexibility index (Phi) is 6.28. The third-order valence-electron chi connectivity index (χ3n) is 4.60. The Balaban J connectivity index is 1.69. The van der Waals surface area contributed by atoms with Gasteiger partial charge in [0, 0.05) is 25.2 Å². The van der Waals surface area contributed by atoms with E-state index in [0.717, 1.165) is 39.3 Å². The van der Waals surface area contributed by atoms with Crippen molar-refractivity contribution in [2.75, 3.05) is 45.2 Å². The highest BCUT2D eigenvalue weighted by Crippen LogP contribution is 2.29. The average molecular weight is 379 g/mol. The fraction of sp³-hybridized carbons (Fsp3) is 0.350. The average Bonchev–Trinajstić information content (AvgIpc) is 2.72. The summed E-state index contributed by atoms with van der Waals surface area (Å²) >= 11 is 0. The summed E-state index contributed by atoms with van der Waals surface area (Å²) in [5.74, 6) is 0.630. The summed E-state index contributed by atoms with van der Waals surface area (Å²) in [5, 5.41) is 18.7. The number of morpholine rings is 1. The Bertz CT molecular complexity index is 964. The zero-order valence-corrected chi connectivity index (χ0v) is 15.4. The molecule has 3 rings (SSSR count). The molecule has 0 aliphatic carbocycles. The van der Waals surface area contributed by atoms with E-state index in [1.807, 2.05) is 12.1 Å². The molecule has 8 heteroatoms. The zero-order valence-electron chi connectivity index (χ0n) is 15.4. The lowest BCUT2D eigenvalue weighted by Gasteiger charge is -2.26. The van der Waals surface area contributed by atoms with Gasteiger partial charge in [-0.15, -0.1) is 0 Å². The number of H-pyrrole nitrogens is 1. The third kappa shape index (κ3) is 4.32. The van der Waals surface area contributed by atoms with Crippen molar-refractivity contribution >= 4 is 5.82 Å². The number of aromatic amines is 1. The van der Waals surface area contributed by atoms with E-state index in [1.54, 1.807) is 24.3 Å². The van der Waals surface area contributed by atoms with Crippen LogP contribution in [0.1, 0.15) is 17.5 Å². The van der Waals surface area contributed by atoms with Crippen LogP contribution in [0.2, 0.25) is 0 Å². The molecule has 0 amide bonds. The smallest absolute Gasteiger partial charge is 0.268 e. The first-order chi connectivity index (χ1) is 13.6. The molecule has 0 spiro atoms. The van der Waals surface area contributed by atoms with Gasteiger partial charge in [0.05, 0.1) is 19.8 Å². The summed E-state index contributed by atoms with van der Waals surface area (Å²) in [6, 6.07) is 10.8. The summed E-state index contributed by atoms with van der Waals surface area (Å²) in [4.78, 5) is 16.7. The standard InChI is InChI=1S/C20H21N5O3/c21-12-16-18(17(13-22)20(26)24-19(16)23)14-2-4-15(5-3-14)28-9-1-6-25-7-10-27-11-8-25/h2-5H,1,6-11H2,(H3,23,24,26). The van der Waals surface area contributed by atoms with Gasteiger partial charge in [-0.05, 0) is 24.1 Å². The quantitative estimate of drug-likeness (QED) is 0.727. The second-order valence-corrected chi connectivity index (χ2v) is 6.40. The monoisotopic (exact) mass is 379 g/mol. The van der Waals surface area contributed by atoms with E-state index in [4.69, 9.17) is 15.2 Å². The highest BCUT2D eigenvalue weighted by molar-refractivity contribution is 5.80. The van der Waals surface area contributed by atoms with Crippen molar-refractivity contribution in [1.82, 2.24) is 9.88 Å². The Morgan fingerprint density at radius 3 is 2.46 bits per heavy atom. The van der Waals surface area contributed by atoms with Gasteiger partial charge in [-0.25, -0.2) is 0 Å². The number of nitrogens with one attached hydrogen (secondary N) is 1. The van der Waals surface area contributed by atoms with Crippen LogP contribution >= 0.6 is 0 Å². The maximum atomic E-state index is 12.0. The van der Waals surface area contributed by atoms with Gasteiger partial charge >= 0.3 is 0 Å². The van der Waals surface area contributed by atoms with E-state index < -0.39 is 5.56 Å². The topological polar surface area (TPSA) is 128 Å². The highest BCUT2D eigenvalue weighted by atomic mass is 16.5. The van der Waals surface area contributed by atoms with Crippen LogP contribution in [0.4, 0.5) is 5.82 Å². The number of benzene rings is 1. The van der Waals surface area contributed by atoms with E-state index >= 15 is 0 Å². The number of anilines is 1. The minimum Gasteiger partial charge on any atom is -0.494 e. The summed E-state index contributed by atoms with van der Waals surface area (Å²) in [7, 11) is 0. The van der Waals surface area contributed by atoms with Crippen LogP contribution in [0.25, 0.3) is 11.1 Å². The van der Waals surface area contributed by atoms with E-state index in [-0.39, 0.29) is 22.5 Å². The minimum absolute atomic E-state index is 0.0510. The maximum Gasteiger partial charge on any atom is 0.268 e.